The van der Waals surface area contributed by atoms with Gasteiger partial charge in [0.05, 0.1) is 29.5 Å². The second-order valence-corrected chi connectivity index (χ2v) is 9.16. The highest BCUT2D eigenvalue weighted by atomic mass is 19.4. The number of rotatable bonds is 10. The zero-order valence-electron chi connectivity index (χ0n) is 21.6. The summed E-state index contributed by atoms with van der Waals surface area (Å²) in [5, 5.41) is 16.1. The summed E-state index contributed by atoms with van der Waals surface area (Å²) in [6.07, 6.45) is -3.85. The van der Waals surface area contributed by atoms with E-state index in [1.807, 2.05) is 31.2 Å². The molecule has 0 aliphatic carbocycles. The van der Waals surface area contributed by atoms with Crippen molar-refractivity contribution in [1.29, 1.82) is 0 Å². The van der Waals surface area contributed by atoms with Crippen molar-refractivity contribution in [1.82, 2.24) is 15.2 Å². The first-order valence-corrected chi connectivity index (χ1v) is 12.8. The highest BCUT2D eigenvalue weighted by Gasteiger charge is 2.30. The molecular formula is C28H32F3N5O3. The van der Waals surface area contributed by atoms with E-state index in [4.69, 9.17) is 4.74 Å². The van der Waals surface area contributed by atoms with Gasteiger partial charge in [-0.05, 0) is 49.4 Å². The standard InChI is InChI=1S/C28H32F3N5O3/c1-2-39-25-11-4-3-10-24(25)36-15-13-35(14-16-36)19-22(37)18-33-27(38)23-9-6-12-32-26(23)34-21-8-5-7-20(17-21)28(29,30)31/h3-12,17,22,37H,2,13-16,18-19H2,1H3,(H,32,34)(H,33,38). The molecule has 1 unspecified atom stereocenters. The molecule has 1 saturated heterocycles. The summed E-state index contributed by atoms with van der Waals surface area (Å²) in [7, 11) is 0. The number of piperazine rings is 1. The number of aromatic nitrogens is 1. The number of halogens is 3. The third-order valence-electron chi connectivity index (χ3n) is 6.35. The van der Waals surface area contributed by atoms with Gasteiger partial charge in [-0.25, -0.2) is 4.98 Å². The topological polar surface area (TPSA) is 90.0 Å². The number of para-hydroxylation sites is 2. The number of carbonyl (C=O) groups excluding carboxylic acids is 1. The van der Waals surface area contributed by atoms with Crippen molar-refractivity contribution in [3.05, 3.63) is 78.0 Å². The van der Waals surface area contributed by atoms with Gasteiger partial charge >= 0.3 is 6.18 Å². The molecule has 11 heteroatoms. The normalized spacial score (nSPS) is 15.1. The lowest BCUT2D eigenvalue weighted by atomic mass is 10.1. The Morgan fingerprint density at radius 1 is 1.08 bits per heavy atom. The Kier molecular flexibility index (Phi) is 9.26. The van der Waals surface area contributed by atoms with E-state index in [2.05, 4.69) is 25.4 Å². The highest BCUT2D eigenvalue weighted by Crippen LogP contribution is 2.32. The van der Waals surface area contributed by atoms with Crippen molar-refractivity contribution in [2.45, 2.75) is 19.2 Å². The first-order chi connectivity index (χ1) is 18.7. The molecule has 3 N–H and O–H groups in total. The molecule has 2 aromatic carbocycles. The Bertz CT molecular complexity index is 1250. The molecule has 0 saturated carbocycles. The van der Waals surface area contributed by atoms with Gasteiger partial charge in [-0.1, -0.05) is 18.2 Å². The van der Waals surface area contributed by atoms with E-state index in [1.165, 1.54) is 24.4 Å². The molecule has 0 bridgehead atoms. The van der Waals surface area contributed by atoms with Gasteiger partial charge in [-0.3, -0.25) is 9.69 Å². The Balaban J connectivity index is 1.28. The van der Waals surface area contributed by atoms with Crippen LogP contribution in [0.3, 0.4) is 0 Å². The van der Waals surface area contributed by atoms with E-state index in [0.29, 0.717) is 13.2 Å². The number of aliphatic hydroxyl groups is 1. The zero-order valence-corrected chi connectivity index (χ0v) is 21.6. The summed E-state index contributed by atoms with van der Waals surface area (Å²) in [5.41, 5.74) is 0.555. The van der Waals surface area contributed by atoms with Gasteiger partial charge in [0.25, 0.3) is 5.91 Å². The van der Waals surface area contributed by atoms with Crippen LogP contribution >= 0.6 is 0 Å². The molecule has 208 valence electrons. The quantitative estimate of drug-likeness (QED) is 0.354. The van der Waals surface area contributed by atoms with Crippen molar-refractivity contribution in [3.8, 4) is 5.75 Å². The van der Waals surface area contributed by atoms with Crippen LogP contribution in [0.2, 0.25) is 0 Å². The van der Waals surface area contributed by atoms with Gasteiger partial charge in [0, 0.05) is 51.2 Å². The predicted octanol–water partition coefficient (Wildman–Crippen LogP) is 4.16. The van der Waals surface area contributed by atoms with Crippen LogP contribution in [0.25, 0.3) is 0 Å². The maximum Gasteiger partial charge on any atom is 0.416 e. The number of anilines is 3. The van der Waals surface area contributed by atoms with Gasteiger partial charge in [0.1, 0.15) is 11.6 Å². The Labute approximate surface area is 225 Å². The van der Waals surface area contributed by atoms with E-state index in [0.717, 1.165) is 49.7 Å². The smallest absolute Gasteiger partial charge is 0.416 e. The lowest BCUT2D eigenvalue weighted by Gasteiger charge is -2.37. The molecule has 0 spiro atoms. The third kappa shape index (κ3) is 7.61. The van der Waals surface area contributed by atoms with E-state index in [-0.39, 0.29) is 23.6 Å². The van der Waals surface area contributed by atoms with Crippen LogP contribution in [-0.2, 0) is 6.18 Å². The monoisotopic (exact) mass is 543 g/mol. The molecule has 1 aliphatic heterocycles. The van der Waals surface area contributed by atoms with Gasteiger partial charge < -0.3 is 25.4 Å². The van der Waals surface area contributed by atoms with Crippen LogP contribution in [0.5, 0.6) is 5.75 Å². The number of carbonyl (C=O) groups is 1. The molecule has 0 radical (unpaired) electrons. The fraction of sp³-hybridized carbons (Fsp3) is 0.357. The van der Waals surface area contributed by atoms with Crippen LogP contribution in [0.15, 0.2) is 66.9 Å². The number of pyridine rings is 1. The summed E-state index contributed by atoms with van der Waals surface area (Å²) in [4.78, 5) is 21.4. The molecule has 3 aromatic rings. The van der Waals surface area contributed by atoms with Gasteiger partial charge in [0.2, 0.25) is 0 Å². The molecule has 1 atom stereocenters. The van der Waals surface area contributed by atoms with Crippen LogP contribution in [0.4, 0.5) is 30.4 Å². The van der Waals surface area contributed by atoms with E-state index in [9.17, 15) is 23.1 Å². The minimum Gasteiger partial charge on any atom is -0.492 e. The lowest BCUT2D eigenvalue weighted by molar-refractivity contribution is -0.137. The lowest BCUT2D eigenvalue weighted by Crippen LogP contribution is -2.50. The zero-order chi connectivity index (χ0) is 27.8. The maximum atomic E-state index is 13.1. The molecular weight excluding hydrogens is 511 g/mol. The minimum absolute atomic E-state index is 0.0180. The summed E-state index contributed by atoms with van der Waals surface area (Å²) in [5.74, 6) is 0.481. The average molecular weight is 544 g/mol. The second kappa shape index (κ2) is 12.8. The minimum atomic E-state index is -4.49. The number of ether oxygens (including phenoxy) is 1. The average Bonchev–Trinajstić information content (AvgIpc) is 2.93. The molecule has 1 aromatic heterocycles. The van der Waals surface area contributed by atoms with Crippen LogP contribution in [0, 0.1) is 0 Å². The predicted molar refractivity (Wildman–Crippen MR) is 144 cm³/mol. The number of nitrogens with one attached hydrogen (secondary N) is 2. The van der Waals surface area contributed by atoms with Crippen molar-refractivity contribution >= 4 is 23.1 Å². The Morgan fingerprint density at radius 2 is 1.85 bits per heavy atom. The first kappa shape index (κ1) is 28.2. The maximum absolute atomic E-state index is 13.1. The number of amides is 1. The van der Waals surface area contributed by atoms with E-state index in [1.54, 1.807) is 6.07 Å². The van der Waals surface area contributed by atoms with Crippen LogP contribution in [0.1, 0.15) is 22.8 Å². The van der Waals surface area contributed by atoms with Gasteiger partial charge in [-0.15, -0.1) is 0 Å². The number of alkyl halides is 3. The SMILES string of the molecule is CCOc1ccccc1N1CCN(CC(O)CNC(=O)c2cccnc2Nc2cccc(C(F)(F)F)c2)CC1. The molecule has 8 nitrogen and oxygen atoms in total. The number of aliphatic hydroxyl groups excluding tert-OH is 1. The fourth-order valence-corrected chi connectivity index (χ4v) is 4.43. The summed E-state index contributed by atoms with van der Waals surface area (Å²) in [6.45, 7) is 6.02. The number of hydrogen-bond donors (Lipinski definition) is 3. The molecule has 1 aliphatic rings. The fourth-order valence-electron chi connectivity index (χ4n) is 4.43. The van der Waals surface area contributed by atoms with Crippen LogP contribution < -0.4 is 20.3 Å². The summed E-state index contributed by atoms with van der Waals surface area (Å²) in [6, 6.07) is 15.7. The van der Waals surface area contributed by atoms with E-state index < -0.39 is 23.8 Å². The largest absolute Gasteiger partial charge is 0.492 e. The number of hydrogen-bond acceptors (Lipinski definition) is 7. The molecule has 4 rings (SSSR count). The number of nitrogens with zero attached hydrogens (tertiary/aromatic N) is 3. The highest BCUT2D eigenvalue weighted by molar-refractivity contribution is 5.99. The Morgan fingerprint density at radius 3 is 2.59 bits per heavy atom. The van der Waals surface area contributed by atoms with Crippen molar-refractivity contribution in [2.24, 2.45) is 0 Å². The van der Waals surface area contributed by atoms with E-state index >= 15 is 0 Å². The second-order valence-electron chi connectivity index (χ2n) is 9.16. The molecule has 1 fully saturated rings. The van der Waals surface area contributed by atoms with Crippen molar-refractivity contribution in [3.63, 3.8) is 0 Å². The Hall–Kier alpha value is -3.83. The first-order valence-electron chi connectivity index (χ1n) is 12.8. The number of β-amino-alcohol motifs (C(OH)–C–C–N with tert-alkyl or cyclic N) is 1. The molecule has 1 amide bonds. The third-order valence-corrected chi connectivity index (χ3v) is 6.35. The van der Waals surface area contributed by atoms with Crippen LogP contribution in [-0.4, -0.2) is 72.9 Å². The van der Waals surface area contributed by atoms with Gasteiger partial charge in [0.15, 0.2) is 0 Å². The summed E-state index contributed by atoms with van der Waals surface area (Å²) < 4.78 is 44.9. The van der Waals surface area contributed by atoms with Crippen molar-refractivity contribution in [2.75, 3.05) is 56.1 Å². The number of benzene rings is 2. The summed E-state index contributed by atoms with van der Waals surface area (Å²) >= 11 is 0. The molecule has 2 heterocycles. The van der Waals surface area contributed by atoms with Gasteiger partial charge in [-0.2, -0.15) is 13.2 Å². The molecule has 39 heavy (non-hydrogen) atoms. The van der Waals surface area contributed by atoms with Crippen molar-refractivity contribution < 1.29 is 27.8 Å².